The molecular weight excluding hydrogens is 439 g/mol. The Labute approximate surface area is 193 Å². The molecule has 2 amide bonds. The summed E-state index contributed by atoms with van der Waals surface area (Å²) in [6, 6.07) is 12.9. The van der Waals surface area contributed by atoms with E-state index in [1.165, 1.54) is 22.9 Å². The molecule has 0 aliphatic carbocycles. The number of carbonyl (C=O) groups is 2. The van der Waals surface area contributed by atoms with Crippen LogP contribution in [-0.2, 0) is 21.9 Å². The molecule has 2 rings (SSSR count). The van der Waals surface area contributed by atoms with Crippen molar-refractivity contribution >= 4 is 46.8 Å². The van der Waals surface area contributed by atoms with Gasteiger partial charge in [0.2, 0.25) is 11.8 Å². The third-order valence-corrected chi connectivity index (χ3v) is 6.40. The molecule has 0 aliphatic heterocycles. The lowest BCUT2D eigenvalue weighted by Gasteiger charge is -2.31. The maximum absolute atomic E-state index is 13.2. The van der Waals surface area contributed by atoms with Crippen molar-refractivity contribution in [1.82, 2.24) is 10.2 Å². The first-order chi connectivity index (χ1) is 14.4. The number of benzene rings is 2. The highest BCUT2D eigenvalue weighted by molar-refractivity contribution is 7.99. The van der Waals surface area contributed by atoms with E-state index in [2.05, 4.69) is 17.4 Å². The predicted molar refractivity (Wildman–Crippen MR) is 127 cm³/mol. The van der Waals surface area contributed by atoms with Crippen LogP contribution in [0.3, 0.4) is 0 Å². The Morgan fingerprint density at radius 1 is 1.10 bits per heavy atom. The molecule has 4 nitrogen and oxygen atoms in total. The average Bonchev–Trinajstić information content (AvgIpc) is 2.70. The monoisotopic (exact) mass is 466 g/mol. The summed E-state index contributed by atoms with van der Waals surface area (Å²) < 4.78 is 0. The second-order valence-corrected chi connectivity index (χ2v) is 8.82. The van der Waals surface area contributed by atoms with Crippen LogP contribution in [-0.4, -0.2) is 35.1 Å². The van der Waals surface area contributed by atoms with Crippen molar-refractivity contribution in [2.45, 2.75) is 45.5 Å². The van der Waals surface area contributed by atoms with Gasteiger partial charge in [0.25, 0.3) is 0 Å². The molecule has 0 radical (unpaired) electrons. The summed E-state index contributed by atoms with van der Waals surface area (Å²) in [5, 5.41) is 3.80. The van der Waals surface area contributed by atoms with Crippen LogP contribution in [0.15, 0.2) is 42.5 Å². The van der Waals surface area contributed by atoms with Crippen molar-refractivity contribution < 1.29 is 9.59 Å². The molecule has 1 N–H and O–H groups in total. The second-order valence-electron chi connectivity index (χ2n) is 7.02. The van der Waals surface area contributed by atoms with E-state index in [9.17, 15) is 9.59 Å². The Bertz CT molecular complexity index is 856. The Morgan fingerprint density at radius 3 is 2.37 bits per heavy atom. The van der Waals surface area contributed by atoms with E-state index in [0.29, 0.717) is 28.6 Å². The van der Waals surface area contributed by atoms with Crippen molar-refractivity contribution in [3.05, 3.63) is 69.2 Å². The van der Waals surface area contributed by atoms with Crippen LogP contribution in [0.25, 0.3) is 0 Å². The summed E-state index contributed by atoms with van der Waals surface area (Å²) in [7, 11) is 0. The van der Waals surface area contributed by atoms with Crippen LogP contribution in [0, 0.1) is 6.92 Å². The Hall–Kier alpha value is -1.69. The van der Waals surface area contributed by atoms with Crippen LogP contribution in [0.5, 0.6) is 0 Å². The van der Waals surface area contributed by atoms with Gasteiger partial charge in [0.15, 0.2) is 0 Å². The number of nitrogens with one attached hydrogen (secondary N) is 1. The highest BCUT2D eigenvalue weighted by Gasteiger charge is 2.29. The van der Waals surface area contributed by atoms with Gasteiger partial charge in [-0.2, -0.15) is 0 Å². The van der Waals surface area contributed by atoms with Crippen LogP contribution in [0.2, 0.25) is 10.0 Å². The first kappa shape index (κ1) is 24.6. The van der Waals surface area contributed by atoms with Crippen LogP contribution in [0.4, 0.5) is 0 Å². The van der Waals surface area contributed by atoms with E-state index in [0.717, 1.165) is 5.75 Å². The molecule has 0 aliphatic rings. The fourth-order valence-corrected chi connectivity index (χ4v) is 4.58. The third-order valence-electron chi connectivity index (χ3n) is 4.70. The van der Waals surface area contributed by atoms with Gasteiger partial charge in [-0.05, 0) is 38.0 Å². The number of hydrogen-bond acceptors (Lipinski definition) is 3. The molecule has 1 unspecified atom stereocenters. The molecule has 0 saturated heterocycles. The number of carbonyl (C=O) groups excluding carboxylic acids is 2. The topological polar surface area (TPSA) is 49.4 Å². The Kier molecular flexibility index (Phi) is 10.0. The minimum Gasteiger partial charge on any atom is -0.355 e. The van der Waals surface area contributed by atoms with Crippen molar-refractivity contribution in [3.63, 3.8) is 0 Å². The molecule has 0 saturated carbocycles. The summed E-state index contributed by atoms with van der Waals surface area (Å²) in [6.45, 7) is 6.50. The standard InChI is InChI=1S/C23H28Cl2N2O2S/c1-4-21(23(29)26-5-2)27(13-18-19(24)10-7-11-20(18)25)22(28)15-30-14-17-9-6-8-16(3)12-17/h6-12,21H,4-5,13-15H2,1-3H3,(H,26,29). The van der Waals surface area contributed by atoms with Gasteiger partial charge >= 0.3 is 0 Å². The molecule has 0 bridgehead atoms. The Balaban J connectivity index is 2.18. The largest absolute Gasteiger partial charge is 0.355 e. The molecule has 1 atom stereocenters. The van der Waals surface area contributed by atoms with Crippen LogP contribution >= 0.6 is 35.0 Å². The highest BCUT2D eigenvalue weighted by Crippen LogP contribution is 2.27. The SMILES string of the molecule is CCNC(=O)C(CC)N(Cc1c(Cl)cccc1Cl)C(=O)CSCc1cccc(C)c1. The minimum atomic E-state index is -0.579. The highest BCUT2D eigenvalue weighted by atomic mass is 35.5. The van der Waals surface area contributed by atoms with Gasteiger partial charge in [0, 0.05) is 34.5 Å². The molecule has 0 heterocycles. The van der Waals surface area contributed by atoms with E-state index >= 15 is 0 Å². The number of rotatable bonds is 10. The van der Waals surface area contributed by atoms with Gasteiger partial charge < -0.3 is 10.2 Å². The number of halogens is 2. The van der Waals surface area contributed by atoms with Crippen LogP contribution < -0.4 is 5.32 Å². The lowest BCUT2D eigenvalue weighted by Crippen LogP contribution is -2.49. The van der Waals surface area contributed by atoms with E-state index in [1.807, 2.05) is 32.9 Å². The molecule has 2 aromatic rings. The van der Waals surface area contributed by atoms with Gasteiger partial charge in [0.05, 0.1) is 5.75 Å². The second kappa shape index (κ2) is 12.2. The Morgan fingerprint density at radius 2 is 1.77 bits per heavy atom. The predicted octanol–water partition coefficient (Wildman–Crippen LogP) is 5.48. The number of likely N-dealkylation sites (N-methyl/N-ethyl adjacent to an activating group) is 1. The van der Waals surface area contributed by atoms with Gasteiger partial charge in [-0.25, -0.2) is 0 Å². The molecular formula is C23H28Cl2N2O2S. The van der Waals surface area contributed by atoms with Crippen molar-refractivity contribution in [3.8, 4) is 0 Å². The molecule has 30 heavy (non-hydrogen) atoms. The average molecular weight is 467 g/mol. The van der Waals surface area contributed by atoms with E-state index < -0.39 is 6.04 Å². The zero-order valence-electron chi connectivity index (χ0n) is 17.6. The quantitative estimate of drug-likeness (QED) is 0.504. The van der Waals surface area contributed by atoms with E-state index in [-0.39, 0.29) is 24.1 Å². The lowest BCUT2D eigenvalue weighted by molar-refractivity contribution is -0.139. The fourth-order valence-electron chi connectivity index (χ4n) is 3.21. The fraction of sp³-hybridized carbons (Fsp3) is 0.391. The summed E-state index contributed by atoms with van der Waals surface area (Å²) in [4.78, 5) is 27.4. The summed E-state index contributed by atoms with van der Waals surface area (Å²) in [6.07, 6.45) is 0.502. The first-order valence-electron chi connectivity index (χ1n) is 10.0. The molecule has 2 aromatic carbocycles. The van der Waals surface area contributed by atoms with E-state index in [1.54, 1.807) is 23.1 Å². The lowest BCUT2D eigenvalue weighted by atomic mass is 10.1. The molecule has 0 spiro atoms. The van der Waals surface area contributed by atoms with Gasteiger partial charge in [0.1, 0.15) is 6.04 Å². The number of thioether (sulfide) groups is 1. The zero-order valence-corrected chi connectivity index (χ0v) is 19.9. The first-order valence-corrected chi connectivity index (χ1v) is 11.9. The third kappa shape index (κ3) is 6.93. The van der Waals surface area contributed by atoms with E-state index in [4.69, 9.17) is 23.2 Å². The molecule has 7 heteroatoms. The number of aryl methyl sites for hydroxylation is 1. The smallest absolute Gasteiger partial charge is 0.242 e. The molecule has 0 aromatic heterocycles. The van der Waals surface area contributed by atoms with Crippen molar-refractivity contribution in [1.29, 1.82) is 0 Å². The number of nitrogens with zero attached hydrogens (tertiary/aromatic N) is 1. The van der Waals surface area contributed by atoms with Gasteiger partial charge in [-0.1, -0.05) is 66.0 Å². The number of hydrogen-bond donors (Lipinski definition) is 1. The normalized spacial score (nSPS) is 11.8. The summed E-state index contributed by atoms with van der Waals surface area (Å²) in [5.41, 5.74) is 3.02. The zero-order chi connectivity index (χ0) is 22.1. The maximum Gasteiger partial charge on any atom is 0.242 e. The minimum absolute atomic E-state index is 0.109. The molecule has 162 valence electrons. The van der Waals surface area contributed by atoms with Crippen molar-refractivity contribution in [2.75, 3.05) is 12.3 Å². The summed E-state index contributed by atoms with van der Waals surface area (Å²) in [5.74, 6) is 0.722. The van der Waals surface area contributed by atoms with Crippen molar-refractivity contribution in [2.24, 2.45) is 0 Å². The molecule has 0 fully saturated rings. The summed E-state index contributed by atoms with van der Waals surface area (Å²) >= 11 is 14.2. The van der Waals surface area contributed by atoms with Gasteiger partial charge in [-0.3, -0.25) is 9.59 Å². The number of amides is 2. The maximum atomic E-state index is 13.2. The van der Waals surface area contributed by atoms with Gasteiger partial charge in [-0.15, -0.1) is 11.8 Å². The van der Waals surface area contributed by atoms with Crippen LogP contribution in [0.1, 0.15) is 37.0 Å².